The summed E-state index contributed by atoms with van der Waals surface area (Å²) in [4.78, 5) is 31.5. The van der Waals surface area contributed by atoms with Crippen molar-refractivity contribution in [1.82, 2.24) is 11.0 Å². The molecule has 0 aromatic heterocycles. The number of allylic oxidation sites excluding steroid dienone is 1. The van der Waals surface area contributed by atoms with Crippen molar-refractivity contribution in [2.75, 3.05) is 13.2 Å². The number of hydrogen-bond acceptors (Lipinski definition) is 7. The van der Waals surface area contributed by atoms with Crippen LogP contribution in [-0.4, -0.2) is 36.0 Å². The number of hydroxylamine groups is 2. The number of rotatable bonds is 5. The molecule has 0 heterocycles. The maximum absolute atomic E-state index is 13.5. The summed E-state index contributed by atoms with van der Waals surface area (Å²) in [6, 6.07) is -0.643. The van der Waals surface area contributed by atoms with Crippen LogP contribution in [0.15, 0.2) is 11.8 Å². The maximum Gasteiger partial charge on any atom is 0.156 e. The van der Waals surface area contributed by atoms with Crippen molar-refractivity contribution in [1.29, 1.82) is 0 Å². The molecule has 4 aliphatic rings. The van der Waals surface area contributed by atoms with Gasteiger partial charge in [-0.25, -0.2) is 0 Å². The van der Waals surface area contributed by atoms with Gasteiger partial charge in [-0.2, -0.15) is 5.48 Å². The minimum absolute atomic E-state index is 0.0703. The molecule has 156 valence electrons. The standard InChI is InChI=1S/C21H33N3O4/c1-20-7-5-12(24-28-10-9-22)11-15(20)18(23-27)19(26)17-13-3-4-16(25)21(13,2)8-6-14(17)20/h11,13-15,17-18,23-24,27H,3-10,22H2,1-2H3/t13-,14-,15?,17-,18?,20+,21-/m0/s1. The first-order valence-electron chi connectivity index (χ1n) is 10.6. The molecule has 2 unspecified atom stereocenters. The fourth-order valence-electron chi connectivity index (χ4n) is 6.84. The number of carbonyl (C=O) groups excluding carboxylic acids is 2. The predicted molar refractivity (Wildman–Crippen MR) is 103 cm³/mol. The molecular weight excluding hydrogens is 358 g/mol. The van der Waals surface area contributed by atoms with Crippen molar-refractivity contribution >= 4 is 11.6 Å². The van der Waals surface area contributed by atoms with Crippen molar-refractivity contribution in [3.8, 4) is 0 Å². The second kappa shape index (κ2) is 7.20. The highest BCUT2D eigenvalue weighted by molar-refractivity contribution is 5.93. The summed E-state index contributed by atoms with van der Waals surface area (Å²) in [7, 11) is 0. The monoisotopic (exact) mass is 391 g/mol. The Labute approximate surface area is 166 Å². The van der Waals surface area contributed by atoms with Gasteiger partial charge >= 0.3 is 0 Å². The Morgan fingerprint density at radius 1 is 1.21 bits per heavy atom. The smallest absolute Gasteiger partial charge is 0.156 e. The molecule has 4 rings (SSSR count). The van der Waals surface area contributed by atoms with Crippen LogP contribution in [0.4, 0.5) is 0 Å². The highest BCUT2D eigenvalue weighted by Gasteiger charge is 2.64. The summed E-state index contributed by atoms with van der Waals surface area (Å²) in [5.74, 6) is 0.494. The minimum atomic E-state index is -0.643. The van der Waals surface area contributed by atoms with E-state index in [4.69, 9.17) is 10.6 Å². The average molecular weight is 392 g/mol. The first-order valence-corrected chi connectivity index (χ1v) is 10.6. The van der Waals surface area contributed by atoms with Gasteiger partial charge in [0, 0.05) is 35.9 Å². The Morgan fingerprint density at radius 3 is 2.71 bits per heavy atom. The van der Waals surface area contributed by atoms with Crippen molar-refractivity contribution in [2.24, 2.45) is 40.2 Å². The van der Waals surface area contributed by atoms with E-state index in [2.05, 4.69) is 30.9 Å². The van der Waals surface area contributed by atoms with E-state index in [-0.39, 0.29) is 40.3 Å². The zero-order valence-electron chi connectivity index (χ0n) is 16.9. The number of fused-ring (bicyclic) bond motifs is 5. The average Bonchev–Trinajstić information content (AvgIpc) is 2.98. The topological polar surface area (TPSA) is 114 Å². The molecule has 7 atom stereocenters. The molecule has 0 amide bonds. The van der Waals surface area contributed by atoms with Gasteiger partial charge in [0.15, 0.2) is 5.78 Å². The normalized spacial score (nSPS) is 45.1. The third-order valence-corrected chi connectivity index (χ3v) is 8.46. The van der Waals surface area contributed by atoms with E-state index in [1.165, 1.54) is 0 Å². The zero-order chi connectivity index (χ0) is 20.1. The van der Waals surface area contributed by atoms with Crippen LogP contribution in [0.3, 0.4) is 0 Å². The van der Waals surface area contributed by atoms with Crippen LogP contribution in [0.1, 0.15) is 52.4 Å². The van der Waals surface area contributed by atoms with Gasteiger partial charge in [-0.05, 0) is 49.4 Å². The summed E-state index contributed by atoms with van der Waals surface area (Å²) >= 11 is 0. The van der Waals surface area contributed by atoms with E-state index in [1.54, 1.807) is 0 Å². The van der Waals surface area contributed by atoms with Crippen LogP contribution < -0.4 is 16.7 Å². The molecule has 0 spiro atoms. The van der Waals surface area contributed by atoms with Crippen LogP contribution in [0.2, 0.25) is 0 Å². The van der Waals surface area contributed by atoms with Crippen LogP contribution in [0.5, 0.6) is 0 Å². The number of Topliss-reactive ketones (excluding diaryl/α,β-unsaturated/α-hetero) is 2. The molecule has 0 aromatic carbocycles. The quantitative estimate of drug-likeness (QED) is 0.417. The van der Waals surface area contributed by atoms with Crippen molar-refractivity contribution in [2.45, 2.75) is 58.4 Å². The molecule has 3 saturated carbocycles. The molecular formula is C21H33N3O4. The molecule has 4 aliphatic carbocycles. The van der Waals surface area contributed by atoms with Gasteiger partial charge in [0.25, 0.3) is 0 Å². The van der Waals surface area contributed by atoms with E-state index in [1.807, 2.05) is 0 Å². The lowest BCUT2D eigenvalue weighted by atomic mass is 9.44. The molecule has 0 saturated heterocycles. The van der Waals surface area contributed by atoms with Crippen molar-refractivity contribution in [3.05, 3.63) is 11.8 Å². The Bertz CT molecular complexity index is 695. The first-order chi connectivity index (χ1) is 13.4. The molecule has 3 fully saturated rings. The molecule has 0 bridgehead atoms. The summed E-state index contributed by atoms with van der Waals surface area (Å²) in [6.07, 6.45) is 6.99. The second-order valence-corrected chi connectivity index (χ2v) is 9.63. The van der Waals surface area contributed by atoms with Gasteiger partial charge in [-0.1, -0.05) is 19.9 Å². The van der Waals surface area contributed by atoms with Crippen LogP contribution in [0.25, 0.3) is 0 Å². The first kappa shape index (κ1) is 20.0. The van der Waals surface area contributed by atoms with Crippen molar-refractivity contribution < 1.29 is 19.6 Å². The van der Waals surface area contributed by atoms with E-state index < -0.39 is 6.04 Å². The summed E-state index contributed by atoms with van der Waals surface area (Å²) < 4.78 is 0. The van der Waals surface area contributed by atoms with Crippen LogP contribution >= 0.6 is 0 Å². The minimum Gasteiger partial charge on any atom is -0.328 e. The van der Waals surface area contributed by atoms with Crippen molar-refractivity contribution in [3.63, 3.8) is 0 Å². The Hall–Kier alpha value is -1.28. The Kier molecular flexibility index (Phi) is 5.15. The summed E-state index contributed by atoms with van der Waals surface area (Å²) in [6.45, 7) is 5.17. The molecule has 28 heavy (non-hydrogen) atoms. The lowest BCUT2D eigenvalue weighted by Crippen LogP contribution is -2.64. The zero-order valence-corrected chi connectivity index (χ0v) is 16.9. The van der Waals surface area contributed by atoms with Gasteiger partial charge in [-0.15, -0.1) is 0 Å². The molecule has 5 N–H and O–H groups in total. The fraction of sp³-hybridized carbons (Fsp3) is 0.810. The SMILES string of the molecule is C[C@]12CCC(NOCCN)=CC1C(NO)C(=O)[C@@H]1[C@@H]2CC[C@]2(C)C(=O)CC[C@@H]12. The lowest BCUT2D eigenvalue weighted by Gasteiger charge is -2.59. The Balaban J connectivity index is 1.66. The van der Waals surface area contributed by atoms with Gasteiger partial charge in [0.05, 0.1) is 12.6 Å². The molecule has 0 radical (unpaired) electrons. The lowest BCUT2D eigenvalue weighted by molar-refractivity contribution is -0.161. The molecule has 0 aliphatic heterocycles. The number of carbonyl (C=O) groups is 2. The van der Waals surface area contributed by atoms with Crippen LogP contribution in [-0.2, 0) is 14.4 Å². The molecule has 0 aromatic rings. The third kappa shape index (κ3) is 2.78. The number of nitrogens with two attached hydrogens (primary N) is 1. The van der Waals surface area contributed by atoms with Gasteiger partial charge < -0.3 is 10.9 Å². The van der Waals surface area contributed by atoms with Gasteiger partial charge in [-0.3, -0.25) is 19.9 Å². The van der Waals surface area contributed by atoms with Gasteiger partial charge in [0.2, 0.25) is 0 Å². The largest absolute Gasteiger partial charge is 0.328 e. The number of hydrogen-bond donors (Lipinski definition) is 4. The highest BCUT2D eigenvalue weighted by atomic mass is 16.6. The maximum atomic E-state index is 13.5. The van der Waals surface area contributed by atoms with E-state index >= 15 is 0 Å². The fourth-order valence-corrected chi connectivity index (χ4v) is 6.84. The predicted octanol–water partition coefficient (Wildman–Crippen LogP) is 1.71. The van der Waals surface area contributed by atoms with E-state index in [9.17, 15) is 14.8 Å². The summed E-state index contributed by atoms with van der Waals surface area (Å²) in [5, 5.41) is 9.93. The van der Waals surface area contributed by atoms with Crippen LogP contribution in [0, 0.1) is 34.5 Å². The number of nitrogens with one attached hydrogen (secondary N) is 2. The highest BCUT2D eigenvalue weighted by Crippen LogP contribution is 2.64. The molecule has 7 heteroatoms. The summed E-state index contributed by atoms with van der Waals surface area (Å²) in [5.41, 5.74) is 11.3. The van der Waals surface area contributed by atoms with Gasteiger partial charge in [0.1, 0.15) is 5.78 Å². The Morgan fingerprint density at radius 2 is 2.00 bits per heavy atom. The second-order valence-electron chi connectivity index (χ2n) is 9.63. The van der Waals surface area contributed by atoms with E-state index in [0.717, 1.165) is 37.8 Å². The van der Waals surface area contributed by atoms with E-state index in [0.29, 0.717) is 25.4 Å². The molecule has 7 nitrogen and oxygen atoms in total. The third-order valence-electron chi connectivity index (χ3n) is 8.46. The number of ketones is 2.